The summed E-state index contributed by atoms with van der Waals surface area (Å²) in [7, 11) is 0. The van der Waals surface area contributed by atoms with Crippen molar-refractivity contribution in [2.75, 3.05) is 19.3 Å². The van der Waals surface area contributed by atoms with E-state index in [1.54, 1.807) is 11.8 Å². The second-order valence-corrected chi connectivity index (χ2v) is 5.31. The normalized spacial score (nSPS) is 14.4. The molecule has 0 aliphatic heterocycles. The molecule has 102 valence electrons. The minimum atomic E-state index is -0.612. The quantitative estimate of drug-likeness (QED) is 0.529. The van der Waals surface area contributed by atoms with Gasteiger partial charge in [0.25, 0.3) is 0 Å². The zero-order valence-electron chi connectivity index (χ0n) is 10.4. The highest BCUT2D eigenvalue weighted by Crippen LogP contribution is 2.08. The fraction of sp³-hybridized carbons (Fsp3) is 0.700. The van der Waals surface area contributed by atoms with Gasteiger partial charge in [-0.2, -0.15) is 16.9 Å². The molecule has 2 N–H and O–H groups in total. The predicted molar refractivity (Wildman–Crippen MR) is 70.7 cm³/mol. The molecule has 2 atom stereocenters. The van der Waals surface area contributed by atoms with E-state index in [2.05, 4.69) is 17.3 Å². The third-order valence-electron chi connectivity index (χ3n) is 2.44. The van der Waals surface area contributed by atoms with E-state index in [-0.39, 0.29) is 12.2 Å². The molecule has 0 aromatic carbocycles. The Morgan fingerprint density at radius 1 is 1.67 bits per heavy atom. The molecule has 7 nitrogen and oxygen atoms in total. The summed E-state index contributed by atoms with van der Waals surface area (Å²) in [4.78, 5) is 9.95. The first-order valence-corrected chi connectivity index (χ1v) is 6.90. The van der Waals surface area contributed by atoms with Crippen molar-refractivity contribution in [1.29, 1.82) is 0 Å². The van der Waals surface area contributed by atoms with E-state index in [1.165, 1.54) is 17.1 Å². The maximum Gasteiger partial charge on any atom is 0.306 e. The second kappa shape index (κ2) is 7.34. The first-order chi connectivity index (χ1) is 8.52. The van der Waals surface area contributed by atoms with Crippen LogP contribution in [0.25, 0.3) is 0 Å². The number of hydrogen-bond donors (Lipinski definition) is 2. The predicted octanol–water partition coefficient (Wildman–Crippen LogP) is 0.493. The van der Waals surface area contributed by atoms with E-state index >= 15 is 0 Å². The molecule has 0 saturated heterocycles. The molecule has 1 rings (SSSR count). The van der Waals surface area contributed by atoms with Crippen LogP contribution in [0.4, 0.5) is 5.69 Å². The Morgan fingerprint density at radius 3 is 2.94 bits per heavy atom. The third kappa shape index (κ3) is 5.03. The summed E-state index contributed by atoms with van der Waals surface area (Å²) in [5, 5.41) is 27.6. The summed E-state index contributed by atoms with van der Waals surface area (Å²) in [6, 6.07) is 0. The van der Waals surface area contributed by atoms with Gasteiger partial charge in [0.2, 0.25) is 0 Å². The standard InChI is InChI=1S/C10H18N4O3S/c1-8(18-2)3-11-5-10(15)7-13-6-9(4-12-13)14(16)17/h4,6,8,10-11,15H,3,5,7H2,1-2H3. The minimum Gasteiger partial charge on any atom is -0.390 e. The lowest BCUT2D eigenvalue weighted by atomic mass is 10.3. The maximum absolute atomic E-state index is 10.5. The summed E-state index contributed by atoms with van der Waals surface area (Å²) in [6.45, 7) is 3.60. The number of aliphatic hydroxyl groups is 1. The SMILES string of the molecule is CSC(C)CNCC(O)Cn1cc([N+](=O)[O-])cn1. The lowest BCUT2D eigenvalue weighted by molar-refractivity contribution is -0.385. The highest BCUT2D eigenvalue weighted by molar-refractivity contribution is 7.99. The Labute approximate surface area is 110 Å². The minimum absolute atomic E-state index is 0.0637. The molecule has 2 unspecified atom stereocenters. The molecule has 0 radical (unpaired) electrons. The van der Waals surface area contributed by atoms with Gasteiger partial charge in [0, 0.05) is 18.3 Å². The van der Waals surface area contributed by atoms with Crippen LogP contribution >= 0.6 is 11.8 Å². The second-order valence-electron chi connectivity index (χ2n) is 4.04. The van der Waals surface area contributed by atoms with Crippen molar-refractivity contribution < 1.29 is 10.0 Å². The van der Waals surface area contributed by atoms with Gasteiger partial charge in [-0.25, -0.2) is 0 Å². The number of nitrogens with zero attached hydrogens (tertiary/aromatic N) is 3. The molecule has 18 heavy (non-hydrogen) atoms. The molecule has 0 fully saturated rings. The number of nitro groups is 1. The van der Waals surface area contributed by atoms with Crippen molar-refractivity contribution in [2.45, 2.75) is 24.8 Å². The topological polar surface area (TPSA) is 93.2 Å². The van der Waals surface area contributed by atoms with Gasteiger partial charge in [-0.1, -0.05) is 6.92 Å². The number of aromatic nitrogens is 2. The first-order valence-electron chi connectivity index (χ1n) is 5.61. The average molecular weight is 274 g/mol. The summed E-state index contributed by atoms with van der Waals surface area (Å²) < 4.78 is 1.38. The smallest absolute Gasteiger partial charge is 0.306 e. The molecular formula is C10H18N4O3S. The molecule has 0 amide bonds. The van der Waals surface area contributed by atoms with Gasteiger partial charge in [0.1, 0.15) is 12.4 Å². The number of nitrogens with one attached hydrogen (secondary N) is 1. The van der Waals surface area contributed by atoms with Crippen LogP contribution in [0.1, 0.15) is 6.92 Å². The Bertz CT molecular complexity index is 385. The number of aliphatic hydroxyl groups excluding tert-OH is 1. The van der Waals surface area contributed by atoms with Gasteiger partial charge in [0.05, 0.1) is 17.6 Å². The molecule has 1 aromatic heterocycles. The number of rotatable bonds is 8. The Morgan fingerprint density at radius 2 is 2.39 bits per heavy atom. The molecule has 0 aliphatic rings. The largest absolute Gasteiger partial charge is 0.390 e. The molecule has 0 aliphatic carbocycles. The van der Waals surface area contributed by atoms with Gasteiger partial charge in [-0.05, 0) is 6.26 Å². The third-order valence-corrected chi connectivity index (χ3v) is 3.41. The van der Waals surface area contributed by atoms with E-state index in [1.807, 2.05) is 6.26 Å². The van der Waals surface area contributed by atoms with Crippen molar-refractivity contribution >= 4 is 17.4 Å². The van der Waals surface area contributed by atoms with Gasteiger partial charge >= 0.3 is 5.69 Å². The van der Waals surface area contributed by atoms with Gasteiger partial charge < -0.3 is 10.4 Å². The molecular weight excluding hydrogens is 256 g/mol. The zero-order valence-corrected chi connectivity index (χ0v) is 11.3. The molecule has 0 saturated carbocycles. The Hall–Kier alpha value is -1.12. The van der Waals surface area contributed by atoms with Crippen molar-refractivity contribution in [3.8, 4) is 0 Å². The van der Waals surface area contributed by atoms with Crippen LogP contribution in [0.15, 0.2) is 12.4 Å². The molecule has 8 heteroatoms. The van der Waals surface area contributed by atoms with Crippen LogP contribution < -0.4 is 5.32 Å². The van der Waals surface area contributed by atoms with Gasteiger partial charge in [-0.15, -0.1) is 0 Å². The first kappa shape index (κ1) is 14.9. The highest BCUT2D eigenvalue weighted by Gasteiger charge is 2.11. The summed E-state index contributed by atoms with van der Waals surface area (Å²) in [6.07, 6.45) is 3.91. The lowest BCUT2D eigenvalue weighted by Crippen LogP contribution is -2.33. The van der Waals surface area contributed by atoms with E-state index in [0.29, 0.717) is 11.8 Å². The molecule has 1 heterocycles. The fourth-order valence-electron chi connectivity index (χ4n) is 1.36. The Balaban J connectivity index is 2.30. The van der Waals surface area contributed by atoms with Gasteiger partial charge in [-0.3, -0.25) is 14.8 Å². The monoisotopic (exact) mass is 274 g/mol. The summed E-state index contributed by atoms with van der Waals surface area (Å²) >= 11 is 1.75. The molecule has 0 bridgehead atoms. The molecule has 0 spiro atoms. The average Bonchev–Trinajstić information content (AvgIpc) is 2.77. The van der Waals surface area contributed by atoms with Crippen LogP contribution in [0, 0.1) is 10.1 Å². The van der Waals surface area contributed by atoms with E-state index < -0.39 is 11.0 Å². The molecule has 1 aromatic rings. The van der Waals surface area contributed by atoms with E-state index in [4.69, 9.17) is 0 Å². The van der Waals surface area contributed by atoms with Crippen LogP contribution in [-0.4, -0.2) is 50.5 Å². The van der Waals surface area contributed by atoms with Crippen LogP contribution in [-0.2, 0) is 6.54 Å². The van der Waals surface area contributed by atoms with Crippen molar-refractivity contribution in [2.24, 2.45) is 0 Å². The van der Waals surface area contributed by atoms with Crippen LogP contribution in [0.3, 0.4) is 0 Å². The maximum atomic E-state index is 10.5. The lowest BCUT2D eigenvalue weighted by Gasteiger charge is -2.13. The van der Waals surface area contributed by atoms with E-state index in [9.17, 15) is 15.2 Å². The summed E-state index contributed by atoms with van der Waals surface area (Å²) in [5.74, 6) is 0. The van der Waals surface area contributed by atoms with Crippen molar-refractivity contribution in [3.63, 3.8) is 0 Å². The number of hydrogen-bond acceptors (Lipinski definition) is 6. The van der Waals surface area contributed by atoms with Crippen molar-refractivity contribution in [3.05, 3.63) is 22.5 Å². The fourth-order valence-corrected chi connectivity index (χ4v) is 1.65. The van der Waals surface area contributed by atoms with E-state index in [0.717, 1.165) is 6.54 Å². The van der Waals surface area contributed by atoms with Crippen LogP contribution in [0.5, 0.6) is 0 Å². The zero-order chi connectivity index (χ0) is 13.5. The highest BCUT2D eigenvalue weighted by atomic mass is 32.2. The van der Waals surface area contributed by atoms with Crippen LogP contribution in [0.2, 0.25) is 0 Å². The van der Waals surface area contributed by atoms with Gasteiger partial charge in [0.15, 0.2) is 0 Å². The Kier molecular flexibility index (Phi) is 6.10. The van der Waals surface area contributed by atoms with Crippen molar-refractivity contribution in [1.82, 2.24) is 15.1 Å². The summed E-state index contributed by atoms with van der Waals surface area (Å²) in [5.41, 5.74) is -0.0637. The number of thioether (sulfide) groups is 1.